The molecule has 3 aromatic rings. The molecule has 3 aromatic carbocycles. The number of ether oxygens (including phenoxy) is 4. The van der Waals surface area contributed by atoms with E-state index in [0.717, 1.165) is 21.2 Å². The van der Waals surface area contributed by atoms with Crippen molar-refractivity contribution in [1.82, 2.24) is 0 Å². The summed E-state index contributed by atoms with van der Waals surface area (Å²) in [7, 11) is 0. The summed E-state index contributed by atoms with van der Waals surface area (Å²) in [6.45, 7) is 0.466. The fourth-order valence-corrected chi connectivity index (χ4v) is 4.29. The summed E-state index contributed by atoms with van der Waals surface area (Å²) in [6.07, 6.45) is 0. The van der Waals surface area contributed by atoms with Crippen molar-refractivity contribution in [2.75, 3.05) is 6.79 Å². The molecule has 2 heterocycles. The molecule has 0 amide bonds. The molecule has 32 heavy (non-hydrogen) atoms. The van der Waals surface area contributed by atoms with Gasteiger partial charge in [-0.05, 0) is 42.0 Å². The highest BCUT2D eigenvalue weighted by Gasteiger charge is 2.35. The first kappa shape index (κ1) is 20.6. The summed E-state index contributed by atoms with van der Waals surface area (Å²) in [5.41, 5.74) is 8.93. The summed E-state index contributed by atoms with van der Waals surface area (Å²) in [4.78, 5) is 0. The molecule has 0 fully saturated rings. The second-order valence-corrected chi connectivity index (χ2v) is 8.62. The van der Waals surface area contributed by atoms with Crippen molar-refractivity contribution < 1.29 is 18.9 Å². The fraction of sp³-hybridized carbons (Fsp3) is 0.125. The first-order valence-electron chi connectivity index (χ1n) is 9.71. The van der Waals surface area contributed by atoms with Crippen molar-refractivity contribution in [2.45, 2.75) is 12.5 Å². The highest BCUT2D eigenvalue weighted by Crippen LogP contribution is 2.49. The summed E-state index contributed by atoms with van der Waals surface area (Å²) in [5, 5.41) is 10.6. The molecule has 0 unspecified atom stereocenters. The zero-order valence-electron chi connectivity index (χ0n) is 16.6. The zero-order valence-corrected chi connectivity index (χ0v) is 18.9. The van der Waals surface area contributed by atoms with Crippen molar-refractivity contribution in [3.05, 3.63) is 92.2 Å². The molecule has 8 heteroatoms. The average molecular weight is 512 g/mol. The van der Waals surface area contributed by atoms with Gasteiger partial charge in [-0.1, -0.05) is 39.7 Å². The normalized spacial score (nSPS) is 16.2. The highest BCUT2D eigenvalue weighted by atomic mass is 79.9. The van der Waals surface area contributed by atoms with Gasteiger partial charge >= 0.3 is 0 Å². The third kappa shape index (κ3) is 3.72. The van der Waals surface area contributed by atoms with E-state index in [9.17, 15) is 5.26 Å². The summed E-state index contributed by atoms with van der Waals surface area (Å²) >= 11 is 9.52. The van der Waals surface area contributed by atoms with Gasteiger partial charge in [0.1, 0.15) is 29.7 Å². The van der Waals surface area contributed by atoms with E-state index in [2.05, 4.69) is 22.0 Å². The predicted octanol–water partition coefficient (Wildman–Crippen LogP) is 5.63. The van der Waals surface area contributed by atoms with Crippen LogP contribution in [0.5, 0.6) is 23.0 Å². The van der Waals surface area contributed by atoms with Gasteiger partial charge in [0.05, 0.1) is 5.92 Å². The van der Waals surface area contributed by atoms with Gasteiger partial charge in [0.15, 0.2) is 11.5 Å². The number of halogens is 2. The number of fused-ring (bicyclic) bond motifs is 2. The van der Waals surface area contributed by atoms with Gasteiger partial charge < -0.3 is 24.7 Å². The maximum absolute atomic E-state index is 9.92. The van der Waals surface area contributed by atoms with Crippen molar-refractivity contribution in [1.29, 1.82) is 5.26 Å². The Hall–Kier alpha value is -3.34. The molecule has 0 aliphatic carbocycles. The maximum atomic E-state index is 9.92. The standard InChI is InChI=1S/C24H16BrClN2O4/c25-14-3-6-19(29-11-13-1-4-15(26)5-2-13)16(7-14)23-17-8-21-22(31-12-30-21)9-20(17)32-24(28)18(23)10-27/h1-9,23H,11-12,28H2/t23-/m1/s1. The number of nitrogens with two attached hydrogens (primary N) is 1. The number of benzene rings is 3. The lowest BCUT2D eigenvalue weighted by molar-refractivity contribution is 0.174. The molecule has 1 atom stereocenters. The molecule has 0 aromatic heterocycles. The zero-order chi connectivity index (χ0) is 22.2. The Labute approximate surface area is 197 Å². The Morgan fingerprint density at radius 1 is 1.03 bits per heavy atom. The fourth-order valence-electron chi connectivity index (χ4n) is 3.78. The van der Waals surface area contributed by atoms with Gasteiger partial charge in [-0.15, -0.1) is 0 Å². The Bertz CT molecular complexity index is 1280. The molecule has 2 aliphatic rings. The van der Waals surface area contributed by atoms with Crippen LogP contribution < -0.4 is 24.7 Å². The van der Waals surface area contributed by atoms with Crippen LogP contribution in [0.25, 0.3) is 0 Å². The van der Waals surface area contributed by atoms with Gasteiger partial charge in [0.2, 0.25) is 12.7 Å². The number of nitrogens with zero attached hydrogens (tertiary/aromatic N) is 1. The summed E-state index contributed by atoms with van der Waals surface area (Å²) in [6, 6.07) is 18.9. The van der Waals surface area contributed by atoms with E-state index in [1.165, 1.54) is 0 Å². The molecule has 2 N–H and O–H groups in total. The number of rotatable bonds is 4. The van der Waals surface area contributed by atoms with Crippen molar-refractivity contribution in [3.8, 4) is 29.1 Å². The minimum absolute atomic E-state index is 0.0486. The van der Waals surface area contributed by atoms with Crippen LogP contribution in [-0.4, -0.2) is 6.79 Å². The van der Waals surface area contributed by atoms with E-state index >= 15 is 0 Å². The Morgan fingerprint density at radius 3 is 2.53 bits per heavy atom. The number of hydrogen-bond acceptors (Lipinski definition) is 6. The van der Waals surface area contributed by atoms with Gasteiger partial charge in [-0.3, -0.25) is 0 Å². The maximum Gasteiger partial charge on any atom is 0.231 e. The van der Waals surface area contributed by atoms with Crippen molar-refractivity contribution in [2.24, 2.45) is 5.73 Å². The molecule has 0 saturated carbocycles. The van der Waals surface area contributed by atoms with Gasteiger partial charge in [0, 0.05) is 26.7 Å². The molecule has 6 nitrogen and oxygen atoms in total. The van der Waals surface area contributed by atoms with Crippen LogP contribution >= 0.6 is 27.5 Å². The Balaban J connectivity index is 1.59. The molecular formula is C24H16BrClN2O4. The van der Waals surface area contributed by atoms with Gasteiger partial charge in [0.25, 0.3) is 0 Å². The molecular weight excluding hydrogens is 496 g/mol. The highest BCUT2D eigenvalue weighted by molar-refractivity contribution is 9.10. The minimum Gasteiger partial charge on any atom is -0.489 e. The second-order valence-electron chi connectivity index (χ2n) is 7.27. The van der Waals surface area contributed by atoms with E-state index in [-0.39, 0.29) is 12.7 Å². The molecule has 160 valence electrons. The van der Waals surface area contributed by atoms with E-state index in [1.54, 1.807) is 6.07 Å². The largest absolute Gasteiger partial charge is 0.489 e. The Kier molecular flexibility index (Phi) is 5.33. The lowest BCUT2D eigenvalue weighted by Gasteiger charge is -2.28. The van der Waals surface area contributed by atoms with Crippen LogP contribution in [0, 0.1) is 11.3 Å². The van der Waals surface area contributed by atoms with Crippen molar-refractivity contribution >= 4 is 27.5 Å². The van der Waals surface area contributed by atoms with Crippen LogP contribution in [0.4, 0.5) is 0 Å². The minimum atomic E-state index is -0.504. The van der Waals surface area contributed by atoms with E-state index < -0.39 is 5.92 Å². The van der Waals surface area contributed by atoms with Crippen molar-refractivity contribution in [3.63, 3.8) is 0 Å². The van der Waals surface area contributed by atoms with E-state index in [0.29, 0.717) is 40.2 Å². The first-order valence-corrected chi connectivity index (χ1v) is 10.9. The van der Waals surface area contributed by atoms with E-state index in [1.807, 2.05) is 48.5 Å². The molecule has 0 spiro atoms. The van der Waals surface area contributed by atoms with Crippen LogP contribution in [-0.2, 0) is 6.61 Å². The number of nitriles is 1. The second kappa shape index (κ2) is 8.30. The SMILES string of the molecule is N#CC1=C(N)Oc2cc3c(cc2[C@H]1c1cc(Br)ccc1OCc1ccc(Cl)cc1)OCO3. The third-order valence-corrected chi connectivity index (χ3v) is 6.05. The average Bonchev–Trinajstić information content (AvgIpc) is 3.24. The van der Waals surface area contributed by atoms with Crippen LogP contribution in [0.15, 0.2) is 70.5 Å². The monoisotopic (exact) mass is 510 g/mol. The summed E-state index contributed by atoms with van der Waals surface area (Å²) < 4.78 is 23.8. The van der Waals surface area contributed by atoms with Crippen LogP contribution in [0.2, 0.25) is 5.02 Å². The molecule has 0 saturated heterocycles. The predicted molar refractivity (Wildman–Crippen MR) is 122 cm³/mol. The first-order chi connectivity index (χ1) is 15.5. The lowest BCUT2D eigenvalue weighted by Crippen LogP contribution is -2.21. The van der Waals surface area contributed by atoms with Crippen LogP contribution in [0.1, 0.15) is 22.6 Å². The molecule has 0 bridgehead atoms. The van der Waals surface area contributed by atoms with Gasteiger partial charge in [-0.2, -0.15) is 5.26 Å². The quantitative estimate of drug-likeness (QED) is 0.489. The smallest absolute Gasteiger partial charge is 0.231 e. The molecule has 2 aliphatic heterocycles. The van der Waals surface area contributed by atoms with E-state index in [4.69, 9.17) is 36.3 Å². The van der Waals surface area contributed by atoms with Gasteiger partial charge in [-0.25, -0.2) is 0 Å². The molecule has 0 radical (unpaired) electrons. The number of allylic oxidation sites excluding steroid dienone is 1. The van der Waals surface area contributed by atoms with Crippen LogP contribution in [0.3, 0.4) is 0 Å². The molecule has 5 rings (SSSR count). The Morgan fingerprint density at radius 2 is 1.78 bits per heavy atom. The third-order valence-electron chi connectivity index (χ3n) is 5.30. The summed E-state index contributed by atoms with van der Waals surface area (Å²) in [5.74, 6) is 1.85. The number of hydrogen-bond donors (Lipinski definition) is 1. The lowest BCUT2D eigenvalue weighted by atomic mass is 9.83. The topological polar surface area (TPSA) is 86.7 Å².